The zero-order valence-corrected chi connectivity index (χ0v) is 11.9. The van der Waals surface area contributed by atoms with Crippen LogP contribution in [0.3, 0.4) is 0 Å². The summed E-state index contributed by atoms with van der Waals surface area (Å²) in [7, 11) is 0. The first-order valence-electron chi connectivity index (χ1n) is 6.61. The van der Waals surface area contributed by atoms with Gasteiger partial charge in [-0.2, -0.15) is 0 Å². The molecule has 0 fully saturated rings. The molecule has 5 heteroatoms. The van der Waals surface area contributed by atoms with Crippen LogP contribution < -0.4 is 10.1 Å². The Balaban J connectivity index is 1.95. The molecule has 0 aliphatic heterocycles. The third-order valence-corrected chi connectivity index (χ3v) is 2.76. The molecule has 0 radical (unpaired) electrons. The monoisotopic (exact) mass is 278 g/mol. The number of ether oxygens (including phenoxy) is 1. The van der Waals surface area contributed by atoms with Gasteiger partial charge in [0.25, 0.3) is 0 Å². The number of benzene rings is 1. The Bertz CT molecular complexity index is 567. The number of halogens is 1. The molecule has 0 bridgehead atoms. The molecular formula is C15H19FN2O2. The van der Waals surface area contributed by atoms with Crippen LogP contribution in [-0.4, -0.2) is 11.2 Å². The fourth-order valence-corrected chi connectivity index (χ4v) is 1.73. The van der Waals surface area contributed by atoms with Gasteiger partial charge in [0, 0.05) is 18.7 Å². The predicted octanol–water partition coefficient (Wildman–Crippen LogP) is 3.20. The molecule has 1 heterocycles. The molecule has 2 aromatic rings. The normalized spacial score (nSPS) is 11.1. The molecule has 20 heavy (non-hydrogen) atoms. The summed E-state index contributed by atoms with van der Waals surface area (Å²) in [6.07, 6.45) is 0. The third-order valence-electron chi connectivity index (χ3n) is 2.76. The van der Waals surface area contributed by atoms with Crippen LogP contribution in [0.4, 0.5) is 4.39 Å². The van der Waals surface area contributed by atoms with Crippen molar-refractivity contribution in [3.63, 3.8) is 0 Å². The molecule has 4 nitrogen and oxygen atoms in total. The van der Waals surface area contributed by atoms with Crippen LogP contribution in [0.1, 0.15) is 30.9 Å². The van der Waals surface area contributed by atoms with Gasteiger partial charge in [0.15, 0.2) is 11.6 Å². The minimum atomic E-state index is -0.367. The molecule has 1 aromatic heterocycles. The molecule has 0 amide bonds. The number of hydrogen-bond donors (Lipinski definition) is 1. The third kappa shape index (κ3) is 4.06. The van der Waals surface area contributed by atoms with Crippen LogP contribution in [0.2, 0.25) is 0 Å². The molecule has 0 aliphatic rings. The van der Waals surface area contributed by atoms with E-state index in [0.717, 1.165) is 5.56 Å². The maximum Gasteiger partial charge on any atom is 0.165 e. The standard InChI is InChI=1S/C15H19FN2O2/c1-10(2)17-8-12-4-5-15(14(16)7-12)19-9-13-6-11(3)20-18-13/h4-7,10,17H,8-9H2,1-3H3. The van der Waals surface area contributed by atoms with Crippen molar-refractivity contribution in [1.29, 1.82) is 0 Å². The second kappa shape index (κ2) is 6.52. The summed E-state index contributed by atoms with van der Waals surface area (Å²) in [4.78, 5) is 0. The van der Waals surface area contributed by atoms with Gasteiger partial charge in [-0.3, -0.25) is 0 Å². The molecule has 0 unspecified atom stereocenters. The van der Waals surface area contributed by atoms with Crippen LogP contribution in [0, 0.1) is 12.7 Å². The Hall–Kier alpha value is -1.88. The fourth-order valence-electron chi connectivity index (χ4n) is 1.73. The highest BCUT2D eigenvalue weighted by atomic mass is 19.1. The van der Waals surface area contributed by atoms with Crippen molar-refractivity contribution in [2.45, 2.75) is 40.0 Å². The molecule has 1 aromatic carbocycles. The van der Waals surface area contributed by atoms with Gasteiger partial charge < -0.3 is 14.6 Å². The summed E-state index contributed by atoms with van der Waals surface area (Å²) in [5, 5.41) is 7.03. The van der Waals surface area contributed by atoms with Gasteiger partial charge in [-0.1, -0.05) is 25.1 Å². The van der Waals surface area contributed by atoms with E-state index >= 15 is 0 Å². The zero-order valence-electron chi connectivity index (χ0n) is 11.9. The molecule has 2 rings (SSSR count). The minimum Gasteiger partial charge on any atom is -0.484 e. The van der Waals surface area contributed by atoms with E-state index in [0.29, 0.717) is 24.0 Å². The number of nitrogens with zero attached hydrogens (tertiary/aromatic N) is 1. The lowest BCUT2D eigenvalue weighted by Crippen LogP contribution is -2.21. The largest absolute Gasteiger partial charge is 0.484 e. The van der Waals surface area contributed by atoms with Gasteiger partial charge in [-0.25, -0.2) is 4.39 Å². The van der Waals surface area contributed by atoms with E-state index in [1.165, 1.54) is 6.07 Å². The Morgan fingerprint density at radius 3 is 2.75 bits per heavy atom. The van der Waals surface area contributed by atoms with Gasteiger partial charge >= 0.3 is 0 Å². The van der Waals surface area contributed by atoms with E-state index in [2.05, 4.69) is 10.5 Å². The first-order valence-corrected chi connectivity index (χ1v) is 6.61. The summed E-state index contributed by atoms with van der Waals surface area (Å²) in [6.45, 7) is 6.73. The molecule has 108 valence electrons. The molecule has 0 atom stereocenters. The van der Waals surface area contributed by atoms with Crippen molar-refractivity contribution in [1.82, 2.24) is 10.5 Å². The lowest BCUT2D eigenvalue weighted by atomic mass is 10.2. The summed E-state index contributed by atoms with van der Waals surface area (Å²) in [6, 6.07) is 7.10. The van der Waals surface area contributed by atoms with E-state index in [-0.39, 0.29) is 18.2 Å². The van der Waals surface area contributed by atoms with E-state index in [1.807, 2.05) is 19.9 Å². The van der Waals surface area contributed by atoms with E-state index in [1.54, 1.807) is 19.1 Å². The predicted molar refractivity (Wildman–Crippen MR) is 73.9 cm³/mol. The van der Waals surface area contributed by atoms with Crippen LogP contribution in [-0.2, 0) is 13.2 Å². The average Bonchev–Trinajstić information content (AvgIpc) is 2.81. The van der Waals surface area contributed by atoms with Crippen molar-refractivity contribution in [3.8, 4) is 5.75 Å². The Morgan fingerprint density at radius 1 is 1.35 bits per heavy atom. The molecular weight excluding hydrogens is 259 g/mol. The van der Waals surface area contributed by atoms with Gasteiger partial charge in [-0.15, -0.1) is 0 Å². The second-order valence-corrected chi connectivity index (χ2v) is 5.02. The van der Waals surface area contributed by atoms with Crippen molar-refractivity contribution >= 4 is 0 Å². The maximum atomic E-state index is 13.9. The molecule has 0 aliphatic carbocycles. The van der Waals surface area contributed by atoms with Gasteiger partial charge in [0.1, 0.15) is 18.1 Å². The van der Waals surface area contributed by atoms with Crippen LogP contribution >= 0.6 is 0 Å². The van der Waals surface area contributed by atoms with Crippen molar-refractivity contribution in [2.24, 2.45) is 0 Å². The van der Waals surface area contributed by atoms with Gasteiger partial charge in [-0.05, 0) is 24.6 Å². The van der Waals surface area contributed by atoms with Crippen LogP contribution in [0.15, 0.2) is 28.8 Å². The molecule has 0 saturated heterocycles. The number of hydrogen-bond acceptors (Lipinski definition) is 4. The Labute approximate surface area is 117 Å². The van der Waals surface area contributed by atoms with Crippen molar-refractivity contribution in [2.75, 3.05) is 0 Å². The lowest BCUT2D eigenvalue weighted by Gasteiger charge is -2.10. The first-order chi connectivity index (χ1) is 9.54. The quantitative estimate of drug-likeness (QED) is 0.881. The highest BCUT2D eigenvalue weighted by Gasteiger charge is 2.07. The van der Waals surface area contributed by atoms with E-state index < -0.39 is 0 Å². The average molecular weight is 278 g/mol. The number of aryl methyl sites for hydroxylation is 1. The summed E-state index contributed by atoms with van der Waals surface area (Å²) in [5.74, 6) is 0.561. The number of nitrogens with one attached hydrogen (secondary N) is 1. The Morgan fingerprint density at radius 2 is 2.15 bits per heavy atom. The second-order valence-electron chi connectivity index (χ2n) is 5.02. The fraction of sp³-hybridized carbons (Fsp3) is 0.400. The summed E-state index contributed by atoms with van der Waals surface area (Å²) in [5.41, 5.74) is 1.54. The molecule has 0 saturated carbocycles. The van der Waals surface area contributed by atoms with Crippen molar-refractivity contribution in [3.05, 3.63) is 47.1 Å². The zero-order chi connectivity index (χ0) is 14.5. The van der Waals surface area contributed by atoms with Gasteiger partial charge in [0.05, 0.1) is 0 Å². The van der Waals surface area contributed by atoms with Crippen LogP contribution in [0.25, 0.3) is 0 Å². The highest BCUT2D eigenvalue weighted by molar-refractivity contribution is 5.29. The SMILES string of the molecule is Cc1cc(COc2ccc(CNC(C)C)cc2F)no1. The van der Waals surface area contributed by atoms with Crippen LogP contribution in [0.5, 0.6) is 5.75 Å². The van der Waals surface area contributed by atoms with Crippen molar-refractivity contribution < 1.29 is 13.7 Å². The first kappa shape index (κ1) is 14.5. The van der Waals surface area contributed by atoms with E-state index in [4.69, 9.17) is 9.26 Å². The van der Waals surface area contributed by atoms with E-state index in [9.17, 15) is 4.39 Å². The lowest BCUT2D eigenvalue weighted by molar-refractivity contribution is 0.275. The molecule has 0 spiro atoms. The minimum absolute atomic E-state index is 0.192. The summed E-state index contributed by atoms with van der Waals surface area (Å²) >= 11 is 0. The number of aromatic nitrogens is 1. The maximum absolute atomic E-state index is 13.9. The highest BCUT2D eigenvalue weighted by Crippen LogP contribution is 2.19. The molecule has 1 N–H and O–H groups in total. The number of rotatable bonds is 6. The van der Waals surface area contributed by atoms with Gasteiger partial charge in [0.2, 0.25) is 0 Å². The smallest absolute Gasteiger partial charge is 0.165 e. The Kier molecular flexibility index (Phi) is 4.74. The topological polar surface area (TPSA) is 47.3 Å². The summed E-state index contributed by atoms with van der Waals surface area (Å²) < 4.78 is 24.2.